The van der Waals surface area contributed by atoms with Gasteiger partial charge in [0.05, 0.1) is 29.6 Å². The van der Waals surface area contributed by atoms with E-state index in [2.05, 4.69) is 32.3 Å². The fourth-order valence-electron chi connectivity index (χ4n) is 3.08. The molecule has 0 aliphatic carbocycles. The lowest BCUT2D eigenvalue weighted by molar-refractivity contribution is -0.122. The average molecular weight is 368 g/mol. The second-order valence-corrected chi connectivity index (χ2v) is 7.20. The Morgan fingerprint density at radius 2 is 2.08 bits per heavy atom. The summed E-state index contributed by atoms with van der Waals surface area (Å²) in [7, 11) is 0. The Morgan fingerprint density at radius 3 is 2.85 bits per heavy atom. The third-order valence-corrected chi connectivity index (χ3v) is 5.48. The number of carbonyl (C=O) groups is 1. The summed E-state index contributed by atoms with van der Waals surface area (Å²) in [6.07, 6.45) is 3.65. The summed E-state index contributed by atoms with van der Waals surface area (Å²) < 4.78 is 5.35. The zero-order valence-corrected chi connectivity index (χ0v) is 15.3. The molecule has 1 aromatic carbocycles. The van der Waals surface area contributed by atoms with E-state index in [9.17, 15) is 4.79 Å². The lowest BCUT2D eigenvalue weighted by atomic mass is 10.1. The van der Waals surface area contributed by atoms with Crippen LogP contribution in [0.4, 0.5) is 5.82 Å². The first-order valence-corrected chi connectivity index (χ1v) is 9.50. The number of amides is 1. The molecule has 1 amide bonds. The SMILES string of the molecule is CC(C(=O)Nc1cc2cc(-c3cncs3)ccc2cn1)N1CCOCC1. The van der Waals surface area contributed by atoms with Crippen LogP contribution in [-0.4, -0.2) is 53.1 Å². The molecule has 0 spiro atoms. The largest absolute Gasteiger partial charge is 0.379 e. The molecule has 4 rings (SSSR count). The van der Waals surface area contributed by atoms with E-state index in [1.165, 1.54) is 0 Å². The molecule has 1 aliphatic heterocycles. The van der Waals surface area contributed by atoms with Crippen LogP contribution in [-0.2, 0) is 9.53 Å². The molecule has 1 N–H and O–H groups in total. The molecule has 134 valence electrons. The van der Waals surface area contributed by atoms with Crippen molar-refractivity contribution in [1.82, 2.24) is 14.9 Å². The van der Waals surface area contributed by atoms with Crippen molar-refractivity contribution in [1.29, 1.82) is 0 Å². The number of carbonyl (C=O) groups excluding carboxylic acids is 1. The Balaban J connectivity index is 1.53. The second kappa shape index (κ2) is 7.49. The average Bonchev–Trinajstić information content (AvgIpc) is 3.22. The molecule has 0 saturated carbocycles. The van der Waals surface area contributed by atoms with Crippen LogP contribution in [0, 0.1) is 0 Å². The van der Waals surface area contributed by atoms with Gasteiger partial charge in [-0.2, -0.15) is 0 Å². The van der Waals surface area contributed by atoms with Gasteiger partial charge in [-0.15, -0.1) is 11.3 Å². The lowest BCUT2D eigenvalue weighted by Crippen LogP contribution is -2.47. The molecule has 1 unspecified atom stereocenters. The summed E-state index contributed by atoms with van der Waals surface area (Å²) >= 11 is 1.61. The van der Waals surface area contributed by atoms with Gasteiger partial charge in [-0.1, -0.05) is 12.1 Å². The lowest BCUT2D eigenvalue weighted by Gasteiger charge is -2.31. The molecule has 7 heteroatoms. The van der Waals surface area contributed by atoms with Crippen molar-refractivity contribution in [2.75, 3.05) is 31.6 Å². The number of nitrogens with one attached hydrogen (secondary N) is 1. The highest BCUT2D eigenvalue weighted by molar-refractivity contribution is 7.13. The van der Waals surface area contributed by atoms with Gasteiger partial charge in [0.1, 0.15) is 5.82 Å². The van der Waals surface area contributed by atoms with E-state index in [0.717, 1.165) is 34.3 Å². The first-order chi connectivity index (χ1) is 12.7. The first kappa shape index (κ1) is 17.1. The third-order valence-electron chi connectivity index (χ3n) is 4.66. The maximum Gasteiger partial charge on any atom is 0.242 e. The van der Waals surface area contributed by atoms with Crippen molar-refractivity contribution in [3.05, 3.63) is 42.2 Å². The topological polar surface area (TPSA) is 67.4 Å². The van der Waals surface area contributed by atoms with Crippen LogP contribution in [0.1, 0.15) is 6.92 Å². The van der Waals surface area contributed by atoms with Gasteiger partial charge in [-0.3, -0.25) is 14.7 Å². The van der Waals surface area contributed by atoms with Crippen LogP contribution in [0.3, 0.4) is 0 Å². The minimum Gasteiger partial charge on any atom is -0.379 e. The molecule has 1 aliphatic rings. The van der Waals surface area contributed by atoms with Crippen molar-refractivity contribution in [2.24, 2.45) is 0 Å². The van der Waals surface area contributed by atoms with E-state index in [1.807, 2.05) is 30.8 Å². The van der Waals surface area contributed by atoms with Crippen molar-refractivity contribution >= 4 is 33.8 Å². The molecular weight excluding hydrogens is 348 g/mol. The number of nitrogens with zero attached hydrogens (tertiary/aromatic N) is 3. The molecule has 6 nitrogen and oxygen atoms in total. The summed E-state index contributed by atoms with van der Waals surface area (Å²) in [4.78, 5) is 24.3. The predicted octanol–water partition coefficient (Wildman–Crippen LogP) is 3.02. The summed E-state index contributed by atoms with van der Waals surface area (Å²) in [6.45, 7) is 4.82. The minimum atomic E-state index is -0.208. The van der Waals surface area contributed by atoms with Gasteiger partial charge < -0.3 is 10.1 Å². The van der Waals surface area contributed by atoms with Crippen LogP contribution in [0.15, 0.2) is 42.2 Å². The van der Waals surface area contributed by atoms with Crippen molar-refractivity contribution in [2.45, 2.75) is 13.0 Å². The summed E-state index contributed by atoms with van der Waals surface area (Å²) in [5.74, 6) is 0.529. The Bertz CT molecular complexity index is 907. The monoisotopic (exact) mass is 368 g/mol. The fourth-order valence-corrected chi connectivity index (χ4v) is 3.70. The smallest absolute Gasteiger partial charge is 0.242 e. The molecule has 0 bridgehead atoms. The van der Waals surface area contributed by atoms with Crippen LogP contribution >= 0.6 is 11.3 Å². The number of pyridine rings is 1. The summed E-state index contributed by atoms with van der Waals surface area (Å²) in [5, 5.41) is 5.02. The van der Waals surface area contributed by atoms with Crippen molar-refractivity contribution in [3.8, 4) is 10.4 Å². The van der Waals surface area contributed by atoms with E-state index in [0.29, 0.717) is 19.0 Å². The maximum absolute atomic E-state index is 12.6. The van der Waals surface area contributed by atoms with E-state index >= 15 is 0 Å². The van der Waals surface area contributed by atoms with E-state index in [1.54, 1.807) is 17.5 Å². The molecule has 0 radical (unpaired) electrons. The number of morpholine rings is 1. The standard InChI is InChI=1S/C19H20N4O2S/c1-13(23-4-6-25-7-5-23)19(24)22-18-9-16-8-14(17-11-20-12-26-17)2-3-15(16)10-21-18/h2-3,8-13H,4-7H2,1H3,(H,21,22,24). The van der Waals surface area contributed by atoms with Crippen LogP contribution < -0.4 is 5.32 Å². The number of hydrogen-bond acceptors (Lipinski definition) is 6. The number of rotatable bonds is 4. The molecule has 1 saturated heterocycles. The zero-order chi connectivity index (χ0) is 17.9. The Hall–Kier alpha value is -2.35. The molecule has 1 atom stereocenters. The maximum atomic E-state index is 12.6. The number of hydrogen-bond donors (Lipinski definition) is 1. The number of thiazole rings is 1. The Kier molecular flexibility index (Phi) is 4.92. The summed E-state index contributed by atoms with van der Waals surface area (Å²) in [5.41, 5.74) is 2.94. The Labute approximate surface area is 155 Å². The number of anilines is 1. The molecular formula is C19H20N4O2S. The highest BCUT2D eigenvalue weighted by atomic mass is 32.1. The van der Waals surface area contributed by atoms with Gasteiger partial charge in [0.2, 0.25) is 5.91 Å². The quantitative estimate of drug-likeness (QED) is 0.767. The van der Waals surface area contributed by atoms with Gasteiger partial charge in [-0.25, -0.2) is 4.98 Å². The normalized spacial score (nSPS) is 16.5. The predicted molar refractivity (Wildman–Crippen MR) is 103 cm³/mol. The number of benzene rings is 1. The third kappa shape index (κ3) is 3.60. The first-order valence-electron chi connectivity index (χ1n) is 8.62. The number of ether oxygens (including phenoxy) is 1. The van der Waals surface area contributed by atoms with Gasteiger partial charge >= 0.3 is 0 Å². The highest BCUT2D eigenvalue weighted by Crippen LogP contribution is 2.27. The second-order valence-electron chi connectivity index (χ2n) is 6.31. The molecule has 2 aromatic heterocycles. The zero-order valence-electron chi connectivity index (χ0n) is 14.5. The van der Waals surface area contributed by atoms with Crippen LogP contribution in [0.25, 0.3) is 21.2 Å². The van der Waals surface area contributed by atoms with Gasteiger partial charge in [-0.05, 0) is 30.0 Å². The van der Waals surface area contributed by atoms with E-state index < -0.39 is 0 Å². The van der Waals surface area contributed by atoms with Gasteiger partial charge in [0.15, 0.2) is 0 Å². The van der Waals surface area contributed by atoms with Gasteiger partial charge in [0, 0.05) is 30.9 Å². The number of fused-ring (bicyclic) bond motifs is 1. The van der Waals surface area contributed by atoms with Gasteiger partial charge in [0.25, 0.3) is 0 Å². The van der Waals surface area contributed by atoms with E-state index in [-0.39, 0.29) is 11.9 Å². The van der Waals surface area contributed by atoms with Crippen LogP contribution in [0.5, 0.6) is 0 Å². The van der Waals surface area contributed by atoms with E-state index in [4.69, 9.17) is 4.74 Å². The molecule has 26 heavy (non-hydrogen) atoms. The minimum absolute atomic E-state index is 0.0441. The van der Waals surface area contributed by atoms with Crippen molar-refractivity contribution < 1.29 is 9.53 Å². The number of aromatic nitrogens is 2. The van der Waals surface area contributed by atoms with Crippen molar-refractivity contribution in [3.63, 3.8) is 0 Å². The van der Waals surface area contributed by atoms with Crippen LogP contribution in [0.2, 0.25) is 0 Å². The fraction of sp³-hybridized carbons (Fsp3) is 0.316. The highest BCUT2D eigenvalue weighted by Gasteiger charge is 2.23. The molecule has 1 fully saturated rings. The molecule has 3 heterocycles. The molecule has 3 aromatic rings. The summed E-state index contributed by atoms with van der Waals surface area (Å²) in [6, 6.07) is 7.92. The Morgan fingerprint density at radius 1 is 1.23 bits per heavy atom.